The molecule has 1 aliphatic rings. The van der Waals surface area contributed by atoms with E-state index in [2.05, 4.69) is 30.3 Å². The van der Waals surface area contributed by atoms with Gasteiger partial charge in [-0.25, -0.2) is 4.98 Å². The van der Waals surface area contributed by atoms with Gasteiger partial charge in [-0.1, -0.05) is 20.8 Å². The molecule has 2 aromatic heterocycles. The fourth-order valence-corrected chi connectivity index (χ4v) is 3.94. The van der Waals surface area contributed by atoms with Crippen molar-refractivity contribution in [3.8, 4) is 5.75 Å². The van der Waals surface area contributed by atoms with E-state index in [-0.39, 0.29) is 12.5 Å². The fraction of sp³-hybridized carbons (Fsp3) is 0.500. The van der Waals surface area contributed by atoms with Crippen LogP contribution in [0.2, 0.25) is 0 Å². The molecule has 3 heterocycles. The molecule has 1 saturated heterocycles. The number of hydrogen-bond donors (Lipinski definition) is 0. The Hall–Kier alpha value is -2.87. The third-order valence-electron chi connectivity index (χ3n) is 5.36. The predicted octanol–water partition coefficient (Wildman–Crippen LogP) is 2.28. The molecule has 3 aromatic rings. The summed E-state index contributed by atoms with van der Waals surface area (Å²) in [5.74, 6) is 1.85. The fourth-order valence-electron chi connectivity index (χ4n) is 3.94. The van der Waals surface area contributed by atoms with Crippen LogP contribution in [0.4, 0.5) is 0 Å². The van der Waals surface area contributed by atoms with Gasteiger partial charge >= 0.3 is 0 Å². The average molecular weight is 412 g/mol. The number of hydrogen-bond acceptors (Lipinski definition) is 5. The Balaban J connectivity index is 1.66. The zero-order valence-electron chi connectivity index (χ0n) is 17.8. The van der Waals surface area contributed by atoms with Gasteiger partial charge in [-0.05, 0) is 18.1 Å². The lowest BCUT2D eigenvalue weighted by Crippen LogP contribution is -2.43. The molecule has 1 aliphatic heterocycles. The van der Waals surface area contributed by atoms with Crippen molar-refractivity contribution < 1.29 is 19.0 Å². The molecule has 8 heteroatoms. The van der Waals surface area contributed by atoms with E-state index < -0.39 is 0 Å². The van der Waals surface area contributed by atoms with Crippen LogP contribution in [-0.2, 0) is 22.5 Å². The van der Waals surface area contributed by atoms with Crippen LogP contribution < -0.4 is 9.47 Å². The van der Waals surface area contributed by atoms with Crippen molar-refractivity contribution in [2.45, 2.75) is 33.7 Å². The van der Waals surface area contributed by atoms with Gasteiger partial charge in [0, 0.05) is 26.1 Å². The number of carbonyl (C=O) groups is 1. The van der Waals surface area contributed by atoms with E-state index in [0.717, 1.165) is 34.4 Å². The topological polar surface area (TPSA) is 83.5 Å². The molecule has 0 aliphatic carbocycles. The summed E-state index contributed by atoms with van der Waals surface area (Å²) in [5, 5.41) is 13.5. The van der Waals surface area contributed by atoms with Gasteiger partial charge in [-0.15, -0.1) is 0 Å². The number of carbonyl (C=O) groups excluding carboxylic acids is 1. The van der Waals surface area contributed by atoms with E-state index in [1.807, 2.05) is 12.1 Å². The zero-order chi connectivity index (χ0) is 21.3. The molecule has 1 aromatic carbocycles. The Morgan fingerprint density at radius 1 is 1.33 bits per heavy atom. The van der Waals surface area contributed by atoms with Gasteiger partial charge in [0.25, 0.3) is 5.91 Å². The smallest absolute Gasteiger partial charge is 0.260 e. The zero-order valence-corrected chi connectivity index (χ0v) is 17.8. The minimum atomic E-state index is -0.0774. The van der Waals surface area contributed by atoms with E-state index in [1.165, 1.54) is 6.20 Å². The molecule has 4 rings (SSSR count). The second-order valence-electron chi connectivity index (χ2n) is 8.04. The highest BCUT2D eigenvalue weighted by atomic mass is 16.5. The van der Waals surface area contributed by atoms with Gasteiger partial charge in [0.2, 0.25) is 11.7 Å². The first kappa shape index (κ1) is 20.4. The quantitative estimate of drug-likeness (QED) is 0.458. The molecule has 0 radical (unpaired) electrons. The Kier molecular flexibility index (Phi) is 5.76. The van der Waals surface area contributed by atoms with Gasteiger partial charge in [0.1, 0.15) is 11.6 Å². The van der Waals surface area contributed by atoms with Crippen molar-refractivity contribution >= 4 is 27.8 Å². The number of imidazole rings is 1. The Morgan fingerprint density at radius 3 is 2.80 bits per heavy atom. The highest BCUT2D eigenvalue weighted by molar-refractivity contribution is 6.01. The minimum Gasteiger partial charge on any atom is -0.618 e. The van der Waals surface area contributed by atoms with E-state index in [1.54, 1.807) is 11.0 Å². The number of morpholine rings is 1. The highest BCUT2D eigenvalue weighted by Crippen LogP contribution is 2.28. The number of pyridine rings is 1. The lowest BCUT2D eigenvalue weighted by molar-refractivity contribution is -0.575. The second-order valence-corrected chi connectivity index (χ2v) is 8.04. The van der Waals surface area contributed by atoms with Gasteiger partial charge in [0.15, 0.2) is 12.1 Å². The molecule has 8 nitrogen and oxygen atoms in total. The van der Waals surface area contributed by atoms with Crippen molar-refractivity contribution in [2.24, 2.45) is 5.92 Å². The van der Waals surface area contributed by atoms with Gasteiger partial charge < -0.3 is 24.1 Å². The summed E-state index contributed by atoms with van der Waals surface area (Å²) in [5.41, 5.74) is 2.18. The molecule has 0 atom stereocenters. The number of amides is 1. The van der Waals surface area contributed by atoms with E-state index in [4.69, 9.17) is 9.47 Å². The molecule has 1 amide bonds. The summed E-state index contributed by atoms with van der Waals surface area (Å²) in [4.78, 5) is 18.7. The normalized spacial score (nSPS) is 14.7. The first-order valence-corrected chi connectivity index (χ1v) is 10.5. The second kappa shape index (κ2) is 8.47. The molecule has 0 saturated carbocycles. The number of benzene rings is 1. The Labute approximate surface area is 175 Å². The monoisotopic (exact) mass is 412 g/mol. The van der Waals surface area contributed by atoms with Crippen LogP contribution in [0.15, 0.2) is 24.4 Å². The number of ether oxygens (including phenoxy) is 2. The Morgan fingerprint density at radius 2 is 2.10 bits per heavy atom. The number of aryl methyl sites for hydroxylation is 1. The highest BCUT2D eigenvalue weighted by Gasteiger charge is 2.20. The standard InChI is InChI=1S/C22H28N4O4/c1-4-20-23-18-13-26(28)19-11-16(30-14-21(27)24-7-9-29-10-8-24)5-6-17(19)22(18)25(20)12-15(2)3/h5-6,11,13,15H,4,7-10,12,14H2,1-3H3. The molecule has 30 heavy (non-hydrogen) atoms. The van der Waals surface area contributed by atoms with E-state index in [9.17, 15) is 10.0 Å². The number of aromatic nitrogens is 3. The summed E-state index contributed by atoms with van der Waals surface area (Å²) >= 11 is 0. The molecular formula is C22H28N4O4. The maximum absolute atomic E-state index is 12.7. The Bertz CT molecular complexity index is 1070. The molecular weight excluding hydrogens is 384 g/mol. The van der Waals surface area contributed by atoms with Crippen LogP contribution in [0.3, 0.4) is 0 Å². The summed E-state index contributed by atoms with van der Waals surface area (Å²) in [6.45, 7) is 9.46. The van der Waals surface area contributed by atoms with Crippen LogP contribution >= 0.6 is 0 Å². The molecule has 160 valence electrons. The minimum absolute atomic E-state index is 0.0577. The van der Waals surface area contributed by atoms with Crippen molar-refractivity contribution in [3.63, 3.8) is 0 Å². The summed E-state index contributed by atoms with van der Waals surface area (Å²) in [6, 6.07) is 5.40. The lowest BCUT2D eigenvalue weighted by atomic mass is 10.1. The van der Waals surface area contributed by atoms with Gasteiger partial charge in [-0.2, -0.15) is 4.73 Å². The van der Waals surface area contributed by atoms with Crippen LogP contribution in [0.25, 0.3) is 21.9 Å². The van der Waals surface area contributed by atoms with Crippen LogP contribution in [0.1, 0.15) is 26.6 Å². The third-order valence-corrected chi connectivity index (χ3v) is 5.36. The SMILES string of the molecule is CCc1nc2c[n+]([O-])c3cc(OCC(=O)N4CCOCC4)ccc3c2n1CC(C)C. The lowest BCUT2D eigenvalue weighted by Gasteiger charge is -2.26. The van der Waals surface area contributed by atoms with Crippen molar-refractivity contribution in [1.29, 1.82) is 0 Å². The van der Waals surface area contributed by atoms with E-state index in [0.29, 0.717) is 49.0 Å². The molecule has 0 spiro atoms. The van der Waals surface area contributed by atoms with Crippen molar-refractivity contribution in [1.82, 2.24) is 14.5 Å². The van der Waals surface area contributed by atoms with Gasteiger partial charge in [0.05, 0.1) is 30.2 Å². The summed E-state index contributed by atoms with van der Waals surface area (Å²) in [6.07, 6.45) is 2.32. The average Bonchev–Trinajstić information content (AvgIpc) is 3.09. The maximum Gasteiger partial charge on any atom is 0.260 e. The largest absolute Gasteiger partial charge is 0.618 e. The van der Waals surface area contributed by atoms with Crippen LogP contribution in [0.5, 0.6) is 5.75 Å². The van der Waals surface area contributed by atoms with Crippen molar-refractivity contribution in [3.05, 3.63) is 35.4 Å². The number of rotatable bonds is 6. The molecule has 0 unspecified atom stereocenters. The van der Waals surface area contributed by atoms with Gasteiger partial charge in [-0.3, -0.25) is 4.79 Å². The van der Waals surface area contributed by atoms with Crippen LogP contribution in [-0.4, -0.2) is 53.3 Å². The van der Waals surface area contributed by atoms with Crippen LogP contribution in [0, 0.1) is 11.1 Å². The first-order valence-electron chi connectivity index (χ1n) is 10.5. The molecule has 0 bridgehead atoms. The summed E-state index contributed by atoms with van der Waals surface area (Å²) in [7, 11) is 0. The molecule has 0 N–H and O–H groups in total. The molecule has 1 fully saturated rings. The van der Waals surface area contributed by atoms with E-state index >= 15 is 0 Å². The predicted molar refractivity (Wildman–Crippen MR) is 113 cm³/mol. The first-order chi connectivity index (χ1) is 14.5. The number of fused-ring (bicyclic) bond motifs is 3. The number of nitrogens with zero attached hydrogens (tertiary/aromatic N) is 4. The van der Waals surface area contributed by atoms with Crippen molar-refractivity contribution in [2.75, 3.05) is 32.9 Å². The summed E-state index contributed by atoms with van der Waals surface area (Å²) < 4.78 is 14.0. The third kappa shape index (κ3) is 3.92. The maximum atomic E-state index is 12.7.